The van der Waals surface area contributed by atoms with Crippen LogP contribution >= 0.6 is 0 Å². The first-order chi connectivity index (χ1) is 10.7. The zero-order chi connectivity index (χ0) is 15.4. The molecule has 1 aromatic carbocycles. The molecule has 6 nitrogen and oxygen atoms in total. The monoisotopic (exact) mass is 296 g/mol. The molecular weight excluding hydrogens is 280 g/mol. The Bertz CT molecular complexity index is 780. The summed E-state index contributed by atoms with van der Waals surface area (Å²) >= 11 is 0. The third-order valence-electron chi connectivity index (χ3n) is 3.18. The highest BCUT2D eigenvalue weighted by molar-refractivity contribution is 5.92. The molecule has 0 aliphatic carbocycles. The van der Waals surface area contributed by atoms with Gasteiger partial charge < -0.3 is 15.0 Å². The minimum Gasteiger partial charge on any atom is -0.477 e. The number of fused-ring (bicyclic) bond motifs is 1. The SMILES string of the molecule is CCOc1ccc(NC(=O)Cc2ccc3cc[nH]c3c2)nn1. The zero-order valence-electron chi connectivity index (χ0n) is 12.2. The summed E-state index contributed by atoms with van der Waals surface area (Å²) in [4.78, 5) is 15.2. The summed E-state index contributed by atoms with van der Waals surface area (Å²) in [6.07, 6.45) is 2.16. The van der Waals surface area contributed by atoms with E-state index in [1.807, 2.05) is 37.4 Å². The number of benzene rings is 1. The van der Waals surface area contributed by atoms with Crippen LogP contribution in [-0.2, 0) is 11.2 Å². The van der Waals surface area contributed by atoms with Crippen molar-refractivity contribution in [1.29, 1.82) is 0 Å². The minimum absolute atomic E-state index is 0.135. The number of ether oxygens (including phenoxy) is 1. The highest BCUT2D eigenvalue weighted by atomic mass is 16.5. The molecular formula is C16H16N4O2. The molecule has 0 fully saturated rings. The lowest BCUT2D eigenvalue weighted by molar-refractivity contribution is -0.115. The number of hydrogen-bond acceptors (Lipinski definition) is 4. The van der Waals surface area contributed by atoms with Gasteiger partial charge in [0.25, 0.3) is 0 Å². The molecule has 22 heavy (non-hydrogen) atoms. The van der Waals surface area contributed by atoms with Crippen LogP contribution in [0.15, 0.2) is 42.6 Å². The van der Waals surface area contributed by atoms with Gasteiger partial charge in [0, 0.05) is 17.8 Å². The summed E-state index contributed by atoms with van der Waals surface area (Å²) in [6, 6.07) is 11.2. The van der Waals surface area contributed by atoms with E-state index in [0.717, 1.165) is 16.5 Å². The van der Waals surface area contributed by atoms with Crippen LogP contribution in [0.1, 0.15) is 12.5 Å². The summed E-state index contributed by atoms with van der Waals surface area (Å²) in [5.74, 6) is 0.719. The minimum atomic E-state index is -0.135. The maximum Gasteiger partial charge on any atom is 0.233 e. The van der Waals surface area contributed by atoms with Gasteiger partial charge in [0.2, 0.25) is 11.8 Å². The number of anilines is 1. The molecule has 0 spiro atoms. The second-order valence-corrected chi connectivity index (χ2v) is 4.81. The van der Waals surface area contributed by atoms with Gasteiger partial charge in [-0.05, 0) is 36.1 Å². The predicted molar refractivity (Wildman–Crippen MR) is 83.8 cm³/mol. The van der Waals surface area contributed by atoms with Gasteiger partial charge in [-0.1, -0.05) is 12.1 Å². The number of amides is 1. The highest BCUT2D eigenvalue weighted by Gasteiger charge is 2.07. The van der Waals surface area contributed by atoms with Crippen LogP contribution in [0.4, 0.5) is 5.82 Å². The van der Waals surface area contributed by atoms with Crippen molar-refractivity contribution < 1.29 is 9.53 Å². The van der Waals surface area contributed by atoms with Crippen LogP contribution < -0.4 is 10.1 Å². The molecule has 0 bridgehead atoms. The normalized spacial score (nSPS) is 10.6. The first-order valence-corrected chi connectivity index (χ1v) is 7.07. The smallest absolute Gasteiger partial charge is 0.233 e. The molecule has 3 aromatic rings. The van der Waals surface area contributed by atoms with E-state index < -0.39 is 0 Å². The van der Waals surface area contributed by atoms with Crippen molar-refractivity contribution in [2.45, 2.75) is 13.3 Å². The fraction of sp³-hybridized carbons (Fsp3) is 0.188. The third-order valence-corrected chi connectivity index (χ3v) is 3.18. The number of hydrogen-bond donors (Lipinski definition) is 2. The van der Waals surface area contributed by atoms with E-state index >= 15 is 0 Å². The summed E-state index contributed by atoms with van der Waals surface area (Å²) in [6.45, 7) is 2.40. The van der Waals surface area contributed by atoms with Crippen molar-refractivity contribution >= 4 is 22.6 Å². The van der Waals surface area contributed by atoms with E-state index in [4.69, 9.17) is 4.74 Å². The number of H-pyrrole nitrogens is 1. The van der Waals surface area contributed by atoms with Gasteiger partial charge in [-0.3, -0.25) is 4.79 Å². The van der Waals surface area contributed by atoms with Crippen molar-refractivity contribution in [1.82, 2.24) is 15.2 Å². The molecule has 2 aromatic heterocycles. The third kappa shape index (κ3) is 3.22. The van der Waals surface area contributed by atoms with Gasteiger partial charge in [0.15, 0.2) is 5.82 Å². The lowest BCUT2D eigenvalue weighted by Crippen LogP contribution is -2.15. The van der Waals surface area contributed by atoms with Gasteiger partial charge in [-0.25, -0.2) is 0 Å². The Balaban J connectivity index is 1.63. The first-order valence-electron chi connectivity index (χ1n) is 7.07. The Morgan fingerprint density at radius 3 is 2.91 bits per heavy atom. The average Bonchev–Trinajstić information content (AvgIpc) is 2.97. The van der Waals surface area contributed by atoms with E-state index in [0.29, 0.717) is 18.3 Å². The molecule has 0 radical (unpaired) electrons. The van der Waals surface area contributed by atoms with Crippen LogP contribution in [0, 0.1) is 0 Å². The number of aromatic nitrogens is 3. The summed E-state index contributed by atoms with van der Waals surface area (Å²) < 4.78 is 5.20. The number of rotatable bonds is 5. The van der Waals surface area contributed by atoms with Crippen LogP contribution in [0.2, 0.25) is 0 Å². The Morgan fingerprint density at radius 2 is 2.14 bits per heavy atom. The number of carbonyl (C=O) groups is 1. The molecule has 0 aliphatic heterocycles. The lowest BCUT2D eigenvalue weighted by Gasteiger charge is -2.05. The maximum absolute atomic E-state index is 12.0. The summed E-state index contributed by atoms with van der Waals surface area (Å²) in [5.41, 5.74) is 1.96. The van der Waals surface area contributed by atoms with E-state index in [9.17, 15) is 4.79 Å². The van der Waals surface area contributed by atoms with E-state index in [1.54, 1.807) is 12.1 Å². The number of aromatic amines is 1. The fourth-order valence-electron chi connectivity index (χ4n) is 2.19. The zero-order valence-corrected chi connectivity index (χ0v) is 12.2. The lowest BCUT2D eigenvalue weighted by atomic mass is 10.1. The molecule has 2 heterocycles. The molecule has 0 saturated heterocycles. The van der Waals surface area contributed by atoms with Crippen LogP contribution in [0.25, 0.3) is 10.9 Å². The molecule has 3 rings (SSSR count). The molecule has 112 valence electrons. The van der Waals surface area contributed by atoms with Crippen molar-refractivity contribution in [3.05, 3.63) is 48.2 Å². The highest BCUT2D eigenvalue weighted by Crippen LogP contribution is 2.15. The largest absolute Gasteiger partial charge is 0.477 e. The van der Waals surface area contributed by atoms with Crippen LogP contribution in [0.5, 0.6) is 5.88 Å². The van der Waals surface area contributed by atoms with E-state index in [1.165, 1.54) is 0 Å². The standard InChI is InChI=1S/C16H16N4O2/c1-2-22-16-6-5-14(19-20-16)18-15(21)10-11-3-4-12-7-8-17-13(12)9-11/h3-9,17H,2,10H2,1H3,(H,18,19,21). The average molecular weight is 296 g/mol. The second kappa shape index (κ2) is 6.26. The molecule has 0 atom stereocenters. The summed E-state index contributed by atoms with van der Waals surface area (Å²) in [7, 11) is 0. The van der Waals surface area contributed by atoms with Gasteiger partial charge >= 0.3 is 0 Å². The topological polar surface area (TPSA) is 79.9 Å². The maximum atomic E-state index is 12.0. The summed E-state index contributed by atoms with van der Waals surface area (Å²) in [5, 5.41) is 11.6. The second-order valence-electron chi connectivity index (χ2n) is 4.81. The number of nitrogens with one attached hydrogen (secondary N) is 2. The van der Waals surface area contributed by atoms with Gasteiger partial charge in [0.05, 0.1) is 13.0 Å². The quantitative estimate of drug-likeness (QED) is 0.758. The van der Waals surface area contributed by atoms with Crippen molar-refractivity contribution in [3.8, 4) is 5.88 Å². The van der Waals surface area contributed by atoms with Gasteiger partial charge in [-0.15, -0.1) is 10.2 Å². The molecule has 2 N–H and O–H groups in total. The van der Waals surface area contributed by atoms with Crippen LogP contribution in [0.3, 0.4) is 0 Å². The van der Waals surface area contributed by atoms with E-state index in [-0.39, 0.29) is 12.3 Å². The number of carbonyl (C=O) groups excluding carboxylic acids is 1. The van der Waals surface area contributed by atoms with Gasteiger partial charge in [-0.2, -0.15) is 0 Å². The Morgan fingerprint density at radius 1 is 1.23 bits per heavy atom. The fourth-order valence-corrected chi connectivity index (χ4v) is 2.19. The molecule has 6 heteroatoms. The van der Waals surface area contributed by atoms with Gasteiger partial charge in [0.1, 0.15) is 0 Å². The predicted octanol–water partition coefficient (Wildman–Crippen LogP) is 2.54. The van der Waals surface area contributed by atoms with Crippen molar-refractivity contribution in [2.24, 2.45) is 0 Å². The Hall–Kier alpha value is -2.89. The molecule has 0 saturated carbocycles. The van der Waals surface area contributed by atoms with E-state index in [2.05, 4.69) is 20.5 Å². The van der Waals surface area contributed by atoms with Crippen LogP contribution in [-0.4, -0.2) is 27.7 Å². The van der Waals surface area contributed by atoms with Crippen molar-refractivity contribution in [3.63, 3.8) is 0 Å². The van der Waals surface area contributed by atoms with Crippen molar-refractivity contribution in [2.75, 3.05) is 11.9 Å². The number of nitrogens with zero attached hydrogens (tertiary/aromatic N) is 2. The Kier molecular flexibility index (Phi) is 4.00. The Labute approximate surface area is 127 Å². The molecule has 0 unspecified atom stereocenters. The molecule has 1 amide bonds. The molecule has 0 aliphatic rings. The first kappa shape index (κ1) is 14.1.